The van der Waals surface area contributed by atoms with Crippen molar-refractivity contribution in [1.82, 2.24) is 14.7 Å². The lowest BCUT2D eigenvalue weighted by atomic mass is 10.1. The molecule has 0 spiro atoms. The van der Waals surface area contributed by atoms with Gasteiger partial charge in [0.15, 0.2) is 0 Å². The van der Waals surface area contributed by atoms with Gasteiger partial charge in [0, 0.05) is 24.3 Å². The average Bonchev–Trinajstić information content (AvgIpc) is 3.22. The molecule has 1 N–H and O–H groups in total. The zero-order chi connectivity index (χ0) is 20.7. The number of hydrogen-bond acceptors (Lipinski definition) is 4. The molecule has 0 bridgehead atoms. The Labute approximate surface area is 166 Å². The second-order valence-electron chi connectivity index (χ2n) is 8.26. The van der Waals surface area contributed by atoms with Crippen LogP contribution < -0.4 is 4.72 Å². The summed E-state index contributed by atoms with van der Waals surface area (Å²) in [4.78, 5) is 14.4. The summed E-state index contributed by atoms with van der Waals surface area (Å²) >= 11 is 0. The van der Waals surface area contributed by atoms with Crippen LogP contribution in [0.2, 0.25) is 0 Å². The van der Waals surface area contributed by atoms with Gasteiger partial charge in [-0.15, -0.1) is 0 Å². The Morgan fingerprint density at radius 3 is 2.14 bits per heavy atom. The Kier molecular flexibility index (Phi) is 5.27. The molecule has 1 saturated heterocycles. The lowest BCUT2D eigenvalue weighted by Crippen LogP contribution is -2.27. The van der Waals surface area contributed by atoms with Crippen LogP contribution >= 0.6 is 0 Å². The zero-order valence-electron chi connectivity index (χ0n) is 17.1. The van der Waals surface area contributed by atoms with Crippen molar-refractivity contribution >= 4 is 21.6 Å². The molecular weight excluding hydrogens is 376 g/mol. The number of aromatic nitrogens is 2. The second-order valence-corrected chi connectivity index (χ2v) is 9.88. The van der Waals surface area contributed by atoms with Crippen LogP contribution in [0.1, 0.15) is 55.4 Å². The number of amides is 1. The molecule has 1 aliphatic rings. The van der Waals surface area contributed by atoms with E-state index in [0.29, 0.717) is 22.6 Å². The molecule has 3 rings (SSSR count). The summed E-state index contributed by atoms with van der Waals surface area (Å²) in [6, 6.07) is 6.58. The maximum absolute atomic E-state index is 13.0. The maximum Gasteiger partial charge on any atom is 0.265 e. The Balaban J connectivity index is 1.83. The molecule has 152 valence electrons. The standard InChI is InChI=1S/C20H28N4O3S/c1-14-18(15(2)24(21-14)20(3,4)5)28(26,27)22-17-10-8-16(9-11-17)19(25)23-12-6-7-13-23/h8-11,22H,6-7,12-13H2,1-5H3. The first kappa shape index (κ1) is 20.4. The van der Waals surface area contributed by atoms with Crippen LogP contribution in [0.4, 0.5) is 5.69 Å². The molecule has 0 aliphatic carbocycles. The van der Waals surface area contributed by atoms with E-state index in [9.17, 15) is 13.2 Å². The fraction of sp³-hybridized carbons (Fsp3) is 0.500. The number of hydrogen-bond donors (Lipinski definition) is 1. The van der Waals surface area contributed by atoms with Gasteiger partial charge in [0.2, 0.25) is 0 Å². The minimum atomic E-state index is -3.79. The molecule has 2 aromatic rings. The number of benzene rings is 1. The summed E-state index contributed by atoms with van der Waals surface area (Å²) in [5, 5.41) is 4.42. The summed E-state index contributed by atoms with van der Waals surface area (Å²) < 4.78 is 30.3. The van der Waals surface area contributed by atoms with E-state index in [1.165, 1.54) is 0 Å². The van der Waals surface area contributed by atoms with Crippen molar-refractivity contribution in [1.29, 1.82) is 0 Å². The maximum atomic E-state index is 13.0. The van der Waals surface area contributed by atoms with Gasteiger partial charge in [0.25, 0.3) is 15.9 Å². The monoisotopic (exact) mass is 404 g/mol. The summed E-state index contributed by atoms with van der Waals surface area (Å²) in [5.41, 5.74) is 1.72. The summed E-state index contributed by atoms with van der Waals surface area (Å²) in [5.74, 6) is -0.00921. The predicted molar refractivity (Wildman–Crippen MR) is 109 cm³/mol. The smallest absolute Gasteiger partial charge is 0.265 e. The fourth-order valence-electron chi connectivity index (χ4n) is 3.66. The molecule has 0 atom stereocenters. The average molecular weight is 405 g/mol. The number of anilines is 1. The SMILES string of the molecule is Cc1nn(C(C)(C)C)c(C)c1S(=O)(=O)Nc1ccc(C(=O)N2CCCC2)cc1. The first-order valence-corrected chi connectivity index (χ1v) is 11.0. The highest BCUT2D eigenvalue weighted by Crippen LogP contribution is 2.27. The van der Waals surface area contributed by atoms with Crippen LogP contribution in [0.3, 0.4) is 0 Å². The van der Waals surface area contributed by atoms with E-state index in [0.717, 1.165) is 25.9 Å². The van der Waals surface area contributed by atoms with Crippen LogP contribution in [0, 0.1) is 13.8 Å². The van der Waals surface area contributed by atoms with Gasteiger partial charge >= 0.3 is 0 Å². The molecule has 2 heterocycles. The summed E-state index contributed by atoms with van der Waals surface area (Å²) in [6.45, 7) is 11.0. The van der Waals surface area contributed by atoms with Gasteiger partial charge in [-0.2, -0.15) is 5.10 Å². The third-order valence-electron chi connectivity index (χ3n) is 4.91. The van der Waals surface area contributed by atoms with Crippen molar-refractivity contribution in [3.8, 4) is 0 Å². The van der Waals surface area contributed by atoms with Crippen molar-refractivity contribution < 1.29 is 13.2 Å². The molecule has 1 fully saturated rings. The minimum absolute atomic E-state index is 0.00921. The number of nitrogens with one attached hydrogen (secondary N) is 1. The van der Waals surface area contributed by atoms with E-state index in [4.69, 9.17) is 0 Å². The first-order valence-electron chi connectivity index (χ1n) is 9.49. The Bertz CT molecular complexity index is 980. The number of rotatable bonds is 4. The topological polar surface area (TPSA) is 84.3 Å². The predicted octanol–water partition coefficient (Wildman–Crippen LogP) is 3.29. The lowest BCUT2D eigenvalue weighted by molar-refractivity contribution is 0.0793. The van der Waals surface area contributed by atoms with E-state index < -0.39 is 10.0 Å². The molecule has 0 unspecified atom stereocenters. The van der Waals surface area contributed by atoms with Gasteiger partial charge in [-0.25, -0.2) is 8.42 Å². The number of sulfonamides is 1. The number of aryl methyl sites for hydroxylation is 1. The highest BCUT2D eigenvalue weighted by molar-refractivity contribution is 7.92. The molecule has 1 aromatic carbocycles. The molecule has 7 nitrogen and oxygen atoms in total. The number of carbonyl (C=O) groups excluding carboxylic acids is 1. The van der Waals surface area contributed by atoms with Crippen molar-refractivity contribution in [2.24, 2.45) is 0 Å². The van der Waals surface area contributed by atoms with E-state index >= 15 is 0 Å². The second kappa shape index (κ2) is 7.24. The van der Waals surface area contributed by atoms with Crippen LogP contribution in [0.5, 0.6) is 0 Å². The van der Waals surface area contributed by atoms with Gasteiger partial charge < -0.3 is 4.90 Å². The third kappa shape index (κ3) is 3.92. The van der Waals surface area contributed by atoms with Crippen LogP contribution in [0.15, 0.2) is 29.2 Å². The van der Waals surface area contributed by atoms with Crippen molar-refractivity contribution in [3.63, 3.8) is 0 Å². The first-order chi connectivity index (χ1) is 13.0. The lowest BCUT2D eigenvalue weighted by Gasteiger charge is -2.21. The van der Waals surface area contributed by atoms with E-state index in [1.54, 1.807) is 42.8 Å². The van der Waals surface area contributed by atoms with E-state index in [1.807, 2.05) is 25.7 Å². The molecule has 28 heavy (non-hydrogen) atoms. The molecule has 1 amide bonds. The third-order valence-corrected chi connectivity index (χ3v) is 6.54. The zero-order valence-corrected chi connectivity index (χ0v) is 17.9. The Morgan fingerprint density at radius 2 is 1.64 bits per heavy atom. The van der Waals surface area contributed by atoms with Crippen molar-refractivity contribution in [2.75, 3.05) is 17.8 Å². The highest BCUT2D eigenvalue weighted by Gasteiger charge is 2.28. The van der Waals surface area contributed by atoms with Crippen molar-refractivity contribution in [2.45, 2.75) is 57.9 Å². The molecule has 1 aromatic heterocycles. The normalized spacial score (nSPS) is 15.1. The van der Waals surface area contributed by atoms with Crippen LogP contribution in [0.25, 0.3) is 0 Å². The largest absolute Gasteiger partial charge is 0.339 e. The summed E-state index contributed by atoms with van der Waals surface area (Å²) in [6.07, 6.45) is 2.06. The van der Waals surface area contributed by atoms with E-state index in [2.05, 4.69) is 9.82 Å². The van der Waals surface area contributed by atoms with Crippen molar-refractivity contribution in [3.05, 3.63) is 41.2 Å². The molecule has 8 heteroatoms. The van der Waals surface area contributed by atoms with Crippen LogP contribution in [-0.2, 0) is 15.6 Å². The van der Waals surface area contributed by atoms with Gasteiger partial charge in [0.05, 0.1) is 16.9 Å². The van der Waals surface area contributed by atoms with E-state index in [-0.39, 0.29) is 16.3 Å². The molecule has 0 radical (unpaired) electrons. The Hall–Kier alpha value is -2.35. The highest BCUT2D eigenvalue weighted by atomic mass is 32.2. The Morgan fingerprint density at radius 1 is 1.07 bits per heavy atom. The summed E-state index contributed by atoms with van der Waals surface area (Å²) in [7, 11) is -3.79. The van der Waals surface area contributed by atoms with Gasteiger partial charge in [-0.3, -0.25) is 14.2 Å². The molecular formula is C20H28N4O3S. The number of nitrogens with zero attached hydrogens (tertiary/aromatic N) is 3. The van der Waals surface area contributed by atoms with Crippen LogP contribution in [-0.4, -0.2) is 42.1 Å². The van der Waals surface area contributed by atoms with Gasteiger partial charge in [-0.05, 0) is 71.7 Å². The quantitative estimate of drug-likeness (QED) is 0.847. The minimum Gasteiger partial charge on any atom is -0.339 e. The molecule has 0 saturated carbocycles. The molecule has 1 aliphatic heterocycles. The van der Waals surface area contributed by atoms with Gasteiger partial charge in [0.1, 0.15) is 4.90 Å². The fourth-order valence-corrected chi connectivity index (χ4v) is 5.11. The number of carbonyl (C=O) groups is 1. The number of likely N-dealkylation sites (tertiary alicyclic amines) is 1. The van der Waals surface area contributed by atoms with Gasteiger partial charge in [-0.1, -0.05) is 0 Å².